The summed E-state index contributed by atoms with van der Waals surface area (Å²) in [7, 11) is 0. The van der Waals surface area contributed by atoms with Gasteiger partial charge in [-0.2, -0.15) is 0 Å². The Labute approximate surface area is 110 Å². The van der Waals surface area contributed by atoms with Gasteiger partial charge in [0.25, 0.3) is 5.91 Å². The second-order valence-electron chi connectivity index (χ2n) is 3.99. The Kier molecular flexibility index (Phi) is 5.29. The molecule has 1 aromatic carbocycles. The van der Waals surface area contributed by atoms with Crippen molar-refractivity contribution in [2.24, 2.45) is 5.92 Å². The number of alkyl halides is 1. The van der Waals surface area contributed by atoms with Crippen molar-refractivity contribution in [2.75, 3.05) is 11.9 Å². The summed E-state index contributed by atoms with van der Waals surface area (Å²) < 4.78 is 0. The van der Waals surface area contributed by atoms with Crippen LogP contribution in [0.25, 0.3) is 0 Å². The van der Waals surface area contributed by atoms with Crippen LogP contribution in [-0.2, 0) is 0 Å². The fourth-order valence-corrected chi connectivity index (χ4v) is 1.81. The van der Waals surface area contributed by atoms with E-state index in [2.05, 4.69) is 28.2 Å². The van der Waals surface area contributed by atoms with Gasteiger partial charge >= 0.3 is 0 Å². The summed E-state index contributed by atoms with van der Waals surface area (Å²) >= 11 is 9.27. The van der Waals surface area contributed by atoms with Crippen LogP contribution >= 0.6 is 27.5 Å². The van der Waals surface area contributed by atoms with Gasteiger partial charge in [0.05, 0.1) is 0 Å². The van der Waals surface area contributed by atoms with Crippen LogP contribution < -0.4 is 5.32 Å². The molecule has 0 heterocycles. The maximum absolute atomic E-state index is 11.8. The van der Waals surface area contributed by atoms with E-state index in [4.69, 9.17) is 11.6 Å². The van der Waals surface area contributed by atoms with Crippen LogP contribution in [0, 0.1) is 12.8 Å². The van der Waals surface area contributed by atoms with Crippen molar-refractivity contribution >= 4 is 33.4 Å². The maximum Gasteiger partial charge on any atom is 0.251 e. The van der Waals surface area contributed by atoms with Crippen LogP contribution in [0.4, 0.5) is 0 Å². The average Bonchev–Trinajstić information content (AvgIpc) is 2.23. The Morgan fingerprint density at radius 2 is 2.19 bits per heavy atom. The normalized spacial score (nSPS) is 12.2. The molecule has 0 aliphatic carbocycles. The molecule has 0 spiro atoms. The molecule has 16 heavy (non-hydrogen) atoms. The lowest BCUT2D eigenvalue weighted by Crippen LogP contribution is -2.28. The lowest BCUT2D eigenvalue weighted by Gasteiger charge is -2.10. The number of amides is 1. The van der Waals surface area contributed by atoms with Crippen molar-refractivity contribution in [3.8, 4) is 0 Å². The Hall–Kier alpha value is -0.540. The van der Waals surface area contributed by atoms with Gasteiger partial charge in [0.1, 0.15) is 0 Å². The van der Waals surface area contributed by atoms with Gasteiger partial charge < -0.3 is 5.32 Å². The third-order valence-corrected chi connectivity index (χ3v) is 3.50. The first-order chi connectivity index (χ1) is 7.52. The molecule has 1 N–H and O–H groups in total. The lowest BCUT2D eigenvalue weighted by molar-refractivity contribution is 0.0949. The highest BCUT2D eigenvalue weighted by Crippen LogP contribution is 2.14. The van der Waals surface area contributed by atoms with Gasteiger partial charge in [0.2, 0.25) is 0 Å². The molecule has 0 aliphatic heterocycles. The van der Waals surface area contributed by atoms with Gasteiger partial charge in [-0.3, -0.25) is 4.79 Å². The fraction of sp³-hybridized carbons (Fsp3) is 0.417. The van der Waals surface area contributed by atoms with E-state index in [0.29, 0.717) is 23.0 Å². The highest BCUT2D eigenvalue weighted by Gasteiger charge is 2.08. The summed E-state index contributed by atoms with van der Waals surface area (Å²) in [5.41, 5.74) is 1.61. The molecule has 88 valence electrons. The maximum atomic E-state index is 11.8. The SMILES string of the molecule is Cc1cc(Cl)cc(C(=O)NCC(C)CBr)c1. The van der Waals surface area contributed by atoms with Crippen LogP contribution in [0.5, 0.6) is 0 Å². The molecule has 1 aromatic rings. The zero-order valence-corrected chi connectivity index (χ0v) is 11.7. The molecule has 4 heteroatoms. The number of hydrogen-bond acceptors (Lipinski definition) is 1. The zero-order chi connectivity index (χ0) is 12.1. The Morgan fingerprint density at radius 1 is 1.50 bits per heavy atom. The topological polar surface area (TPSA) is 29.1 Å². The molecule has 0 fully saturated rings. The largest absolute Gasteiger partial charge is 0.352 e. The van der Waals surface area contributed by atoms with Gasteiger partial charge in [0, 0.05) is 22.5 Å². The van der Waals surface area contributed by atoms with E-state index in [0.717, 1.165) is 10.9 Å². The van der Waals surface area contributed by atoms with Crippen molar-refractivity contribution in [2.45, 2.75) is 13.8 Å². The smallest absolute Gasteiger partial charge is 0.251 e. The molecule has 0 saturated carbocycles. The first kappa shape index (κ1) is 13.5. The summed E-state index contributed by atoms with van der Waals surface area (Å²) in [6.07, 6.45) is 0. The zero-order valence-electron chi connectivity index (χ0n) is 9.39. The second-order valence-corrected chi connectivity index (χ2v) is 5.07. The van der Waals surface area contributed by atoms with E-state index in [9.17, 15) is 4.79 Å². The van der Waals surface area contributed by atoms with Gasteiger partial charge in [-0.15, -0.1) is 0 Å². The number of carbonyl (C=O) groups is 1. The molecule has 1 amide bonds. The third kappa shape index (κ3) is 4.14. The molecule has 0 saturated heterocycles. The molecule has 0 radical (unpaired) electrons. The van der Waals surface area contributed by atoms with E-state index >= 15 is 0 Å². The monoisotopic (exact) mass is 303 g/mol. The standard InChI is InChI=1S/C12H15BrClNO/c1-8-3-10(5-11(14)4-8)12(16)15-7-9(2)6-13/h3-5,9H,6-7H2,1-2H3,(H,15,16). The van der Waals surface area contributed by atoms with Crippen LogP contribution in [0.1, 0.15) is 22.8 Å². The second kappa shape index (κ2) is 6.26. The van der Waals surface area contributed by atoms with E-state index in [-0.39, 0.29) is 5.91 Å². The number of nitrogens with one attached hydrogen (secondary N) is 1. The molecular weight excluding hydrogens is 289 g/mol. The molecule has 2 nitrogen and oxygen atoms in total. The number of rotatable bonds is 4. The first-order valence-corrected chi connectivity index (χ1v) is 6.64. The predicted molar refractivity (Wildman–Crippen MR) is 71.5 cm³/mol. The lowest BCUT2D eigenvalue weighted by atomic mass is 10.1. The molecular formula is C12H15BrClNO. The molecule has 0 aromatic heterocycles. The van der Waals surface area contributed by atoms with Crippen molar-refractivity contribution in [3.05, 3.63) is 34.3 Å². The van der Waals surface area contributed by atoms with Gasteiger partial charge in [-0.1, -0.05) is 34.5 Å². The molecule has 1 rings (SSSR count). The highest BCUT2D eigenvalue weighted by molar-refractivity contribution is 9.09. The average molecular weight is 305 g/mol. The number of aryl methyl sites for hydroxylation is 1. The van der Waals surface area contributed by atoms with Gasteiger partial charge in [-0.25, -0.2) is 0 Å². The summed E-state index contributed by atoms with van der Waals surface area (Å²) in [6.45, 7) is 4.65. The minimum Gasteiger partial charge on any atom is -0.352 e. The number of benzene rings is 1. The van der Waals surface area contributed by atoms with E-state index in [1.165, 1.54) is 0 Å². The van der Waals surface area contributed by atoms with E-state index in [1.807, 2.05) is 19.1 Å². The minimum atomic E-state index is -0.0709. The highest BCUT2D eigenvalue weighted by atomic mass is 79.9. The van der Waals surface area contributed by atoms with Gasteiger partial charge in [-0.05, 0) is 36.6 Å². The van der Waals surface area contributed by atoms with Crippen molar-refractivity contribution in [1.82, 2.24) is 5.32 Å². The predicted octanol–water partition coefficient (Wildman–Crippen LogP) is 3.41. The molecule has 0 aliphatic rings. The minimum absolute atomic E-state index is 0.0709. The number of hydrogen-bond donors (Lipinski definition) is 1. The van der Waals surface area contributed by atoms with Crippen LogP contribution in [0.2, 0.25) is 5.02 Å². The molecule has 1 atom stereocenters. The number of halogens is 2. The van der Waals surface area contributed by atoms with Crippen molar-refractivity contribution in [1.29, 1.82) is 0 Å². The quantitative estimate of drug-likeness (QED) is 0.849. The fourth-order valence-electron chi connectivity index (χ4n) is 1.29. The Morgan fingerprint density at radius 3 is 2.75 bits per heavy atom. The van der Waals surface area contributed by atoms with Crippen LogP contribution in [0.15, 0.2) is 18.2 Å². The van der Waals surface area contributed by atoms with Crippen LogP contribution in [0.3, 0.4) is 0 Å². The van der Waals surface area contributed by atoms with E-state index in [1.54, 1.807) is 6.07 Å². The van der Waals surface area contributed by atoms with E-state index < -0.39 is 0 Å². The van der Waals surface area contributed by atoms with Crippen molar-refractivity contribution < 1.29 is 4.79 Å². The van der Waals surface area contributed by atoms with Gasteiger partial charge in [0.15, 0.2) is 0 Å². The molecule has 0 bridgehead atoms. The van der Waals surface area contributed by atoms with Crippen molar-refractivity contribution in [3.63, 3.8) is 0 Å². The molecule has 1 unspecified atom stereocenters. The first-order valence-electron chi connectivity index (χ1n) is 5.14. The summed E-state index contributed by atoms with van der Waals surface area (Å²) in [6, 6.07) is 5.35. The summed E-state index contributed by atoms with van der Waals surface area (Å²) in [5.74, 6) is 0.350. The number of carbonyl (C=O) groups excluding carboxylic acids is 1. The Balaban J connectivity index is 2.66. The summed E-state index contributed by atoms with van der Waals surface area (Å²) in [4.78, 5) is 11.8. The summed E-state index contributed by atoms with van der Waals surface area (Å²) in [5, 5.41) is 4.35. The van der Waals surface area contributed by atoms with Crippen LogP contribution in [-0.4, -0.2) is 17.8 Å². The third-order valence-electron chi connectivity index (χ3n) is 2.18. The Bertz CT molecular complexity index is 361.